The van der Waals surface area contributed by atoms with Gasteiger partial charge in [-0.05, 0) is 50.6 Å². The summed E-state index contributed by atoms with van der Waals surface area (Å²) in [6, 6.07) is 13.4. The molecule has 0 saturated carbocycles. The molecule has 2 amide bonds. The monoisotopic (exact) mass is 533 g/mol. The van der Waals surface area contributed by atoms with E-state index in [0.29, 0.717) is 10.9 Å². The van der Waals surface area contributed by atoms with E-state index in [9.17, 15) is 22.4 Å². The molecule has 2 saturated heterocycles. The predicted octanol–water partition coefficient (Wildman–Crippen LogP) is 3.56. The summed E-state index contributed by atoms with van der Waals surface area (Å²) < 4.78 is 43.5. The number of rotatable bonds is 5. The maximum atomic E-state index is 13.6. The predicted molar refractivity (Wildman–Crippen MR) is 138 cm³/mol. The number of thioether (sulfide) groups is 1. The summed E-state index contributed by atoms with van der Waals surface area (Å²) in [5, 5.41) is 2.64. The number of nitrogens with zero attached hydrogens (tertiary/aromatic N) is 2. The van der Waals surface area contributed by atoms with E-state index < -0.39 is 45.3 Å². The molecule has 2 aromatic carbocycles. The number of nitrogens with one attached hydrogen (secondary N) is 1. The largest absolute Gasteiger partial charge is 0.444 e. The Kier molecular flexibility index (Phi) is 7.42. The van der Waals surface area contributed by atoms with Crippen LogP contribution in [0.5, 0.6) is 0 Å². The molecule has 8 nitrogen and oxygen atoms in total. The minimum absolute atomic E-state index is 0.0309. The fourth-order valence-corrected chi connectivity index (χ4v) is 8.06. The second kappa shape index (κ2) is 10.2. The first kappa shape index (κ1) is 26.2. The Bertz CT molecular complexity index is 1260. The van der Waals surface area contributed by atoms with Crippen LogP contribution in [0.2, 0.25) is 0 Å². The molecule has 192 valence electrons. The van der Waals surface area contributed by atoms with Crippen LogP contribution in [0.25, 0.3) is 0 Å². The van der Waals surface area contributed by atoms with Crippen LogP contribution in [-0.2, 0) is 25.8 Å². The van der Waals surface area contributed by atoms with Crippen molar-refractivity contribution >= 4 is 44.5 Å². The van der Waals surface area contributed by atoms with Gasteiger partial charge in [-0.3, -0.25) is 4.79 Å². The molecule has 3 atom stereocenters. The highest BCUT2D eigenvalue weighted by molar-refractivity contribution is 8.16. The van der Waals surface area contributed by atoms with Crippen molar-refractivity contribution in [2.45, 2.75) is 50.1 Å². The number of carbonyl (C=O) groups excluding carboxylic acids is 2. The van der Waals surface area contributed by atoms with Crippen LogP contribution in [0, 0.1) is 5.82 Å². The summed E-state index contributed by atoms with van der Waals surface area (Å²) in [6.07, 6.45) is -0.549. The highest BCUT2D eigenvalue weighted by Crippen LogP contribution is 2.41. The van der Waals surface area contributed by atoms with Crippen molar-refractivity contribution in [1.29, 1.82) is 0 Å². The van der Waals surface area contributed by atoms with Crippen molar-refractivity contribution < 1.29 is 27.1 Å². The molecule has 0 bridgehead atoms. The molecule has 11 heteroatoms. The van der Waals surface area contributed by atoms with Gasteiger partial charge in [-0.25, -0.2) is 17.6 Å². The fraction of sp³-hybridized carbons (Fsp3) is 0.400. The molecule has 36 heavy (non-hydrogen) atoms. The van der Waals surface area contributed by atoms with Crippen LogP contribution >= 0.6 is 11.8 Å². The molecule has 0 radical (unpaired) electrons. The molecular formula is C25H28FN3O5S2. The smallest absolute Gasteiger partial charge is 0.408 e. The van der Waals surface area contributed by atoms with E-state index in [1.54, 1.807) is 25.7 Å². The van der Waals surface area contributed by atoms with Crippen molar-refractivity contribution in [3.05, 3.63) is 66.0 Å². The number of hydrogen-bond acceptors (Lipinski definition) is 6. The van der Waals surface area contributed by atoms with Crippen LogP contribution in [0.3, 0.4) is 0 Å². The Labute approximate surface area is 214 Å². The fourth-order valence-electron chi connectivity index (χ4n) is 4.14. The number of fused-ring (bicyclic) bond motifs is 1. The van der Waals surface area contributed by atoms with Crippen LogP contribution < -0.4 is 10.2 Å². The molecule has 2 fully saturated rings. The first-order chi connectivity index (χ1) is 16.9. The van der Waals surface area contributed by atoms with Gasteiger partial charge in [0.05, 0.1) is 17.5 Å². The van der Waals surface area contributed by atoms with E-state index in [1.165, 1.54) is 36.0 Å². The third-order valence-electron chi connectivity index (χ3n) is 5.65. The van der Waals surface area contributed by atoms with Gasteiger partial charge in [0.2, 0.25) is 0 Å². The second-order valence-electron chi connectivity index (χ2n) is 9.77. The molecule has 2 aliphatic rings. The number of hydrogen-bond donors (Lipinski definition) is 1. The molecular weight excluding hydrogens is 505 g/mol. The van der Waals surface area contributed by atoms with Crippen LogP contribution in [0.1, 0.15) is 26.3 Å². The lowest BCUT2D eigenvalue weighted by Crippen LogP contribution is -2.45. The van der Waals surface area contributed by atoms with E-state index >= 15 is 0 Å². The van der Waals surface area contributed by atoms with Crippen molar-refractivity contribution in [1.82, 2.24) is 5.32 Å². The van der Waals surface area contributed by atoms with Gasteiger partial charge in [-0.1, -0.05) is 42.1 Å². The summed E-state index contributed by atoms with van der Waals surface area (Å²) in [4.78, 5) is 31.9. The van der Waals surface area contributed by atoms with Crippen LogP contribution in [0.4, 0.5) is 14.9 Å². The minimum atomic E-state index is -3.25. The van der Waals surface area contributed by atoms with Gasteiger partial charge in [-0.15, -0.1) is 0 Å². The first-order valence-corrected chi connectivity index (χ1v) is 14.2. The molecule has 4 rings (SSSR count). The zero-order valence-electron chi connectivity index (χ0n) is 20.2. The number of amidine groups is 1. The van der Waals surface area contributed by atoms with Gasteiger partial charge in [-0.2, -0.15) is 4.99 Å². The normalized spacial score (nSPS) is 22.8. The summed E-state index contributed by atoms with van der Waals surface area (Å²) >= 11 is 1.21. The highest BCUT2D eigenvalue weighted by Gasteiger charge is 2.49. The van der Waals surface area contributed by atoms with Crippen molar-refractivity contribution in [3.8, 4) is 0 Å². The molecule has 0 spiro atoms. The molecule has 2 aromatic rings. The van der Waals surface area contributed by atoms with E-state index in [4.69, 9.17) is 4.74 Å². The van der Waals surface area contributed by atoms with Gasteiger partial charge in [0, 0.05) is 17.4 Å². The number of ether oxygens (including phenoxy) is 1. The quantitative estimate of drug-likeness (QED) is 0.627. The van der Waals surface area contributed by atoms with Crippen LogP contribution in [0.15, 0.2) is 59.6 Å². The van der Waals surface area contributed by atoms with Gasteiger partial charge in [0.1, 0.15) is 17.5 Å². The van der Waals surface area contributed by atoms with Crippen molar-refractivity contribution in [2.24, 2.45) is 4.99 Å². The number of halogens is 1. The Balaban J connectivity index is 1.64. The summed E-state index contributed by atoms with van der Waals surface area (Å²) in [6.45, 7) is 5.18. The number of sulfone groups is 1. The number of benzene rings is 2. The third-order valence-corrected chi connectivity index (χ3v) is 8.86. The van der Waals surface area contributed by atoms with E-state index in [2.05, 4.69) is 10.3 Å². The highest BCUT2D eigenvalue weighted by atomic mass is 32.2. The summed E-state index contributed by atoms with van der Waals surface area (Å²) in [5.41, 5.74) is 0.615. The van der Waals surface area contributed by atoms with E-state index in [0.717, 1.165) is 5.56 Å². The second-order valence-corrected chi connectivity index (χ2v) is 13.1. The van der Waals surface area contributed by atoms with Gasteiger partial charge in [0.25, 0.3) is 5.91 Å². The maximum Gasteiger partial charge on any atom is 0.408 e. The lowest BCUT2D eigenvalue weighted by atomic mass is 10.1. The lowest BCUT2D eigenvalue weighted by Gasteiger charge is -2.25. The maximum absolute atomic E-state index is 13.6. The number of carbonyl (C=O) groups is 2. The Hall–Kier alpha value is -2.92. The average Bonchev–Trinajstić information content (AvgIpc) is 3.24. The zero-order chi connectivity index (χ0) is 26.1. The third kappa shape index (κ3) is 6.44. The molecule has 0 aromatic heterocycles. The SMILES string of the molecule is CC(C)(C)OC(=O)NC(Cc1ccccc1)C(=O)N=C1SC2CS(=O)(=O)CC2N1c1ccc(F)cc1. The summed E-state index contributed by atoms with van der Waals surface area (Å²) in [7, 11) is -3.25. The summed E-state index contributed by atoms with van der Waals surface area (Å²) in [5.74, 6) is -1.14. The number of amides is 2. The number of aliphatic imine (C=N–C) groups is 1. The van der Waals surface area contributed by atoms with E-state index in [1.807, 2.05) is 30.3 Å². The van der Waals surface area contributed by atoms with Crippen molar-refractivity contribution in [3.63, 3.8) is 0 Å². The standard InChI is InChI=1S/C25H28FN3O5S2/c1-25(2,3)34-24(31)27-19(13-16-7-5-4-6-8-16)22(30)28-23-29(18-11-9-17(26)10-12-18)20-14-36(32,33)15-21(20)35-23/h4-12,19-21H,13-15H2,1-3H3,(H,27,31). The minimum Gasteiger partial charge on any atom is -0.444 e. The molecule has 1 N–H and O–H groups in total. The van der Waals surface area contributed by atoms with Gasteiger partial charge < -0.3 is 15.0 Å². The number of alkyl carbamates (subject to hydrolysis) is 1. The molecule has 2 aliphatic heterocycles. The zero-order valence-corrected chi connectivity index (χ0v) is 21.8. The Morgan fingerprint density at radius 3 is 2.44 bits per heavy atom. The van der Waals surface area contributed by atoms with Crippen molar-refractivity contribution in [2.75, 3.05) is 16.4 Å². The molecule has 0 aliphatic carbocycles. The Morgan fingerprint density at radius 1 is 1.14 bits per heavy atom. The van der Waals surface area contributed by atoms with Crippen LogP contribution in [-0.4, -0.2) is 60.0 Å². The molecule has 3 unspecified atom stereocenters. The van der Waals surface area contributed by atoms with Gasteiger partial charge >= 0.3 is 6.09 Å². The topological polar surface area (TPSA) is 105 Å². The first-order valence-electron chi connectivity index (χ1n) is 11.5. The Morgan fingerprint density at radius 2 is 1.81 bits per heavy atom. The molecule has 2 heterocycles. The lowest BCUT2D eigenvalue weighted by molar-refractivity contribution is -0.119. The van der Waals surface area contributed by atoms with E-state index in [-0.39, 0.29) is 23.2 Å². The average molecular weight is 534 g/mol. The van der Waals surface area contributed by atoms with Gasteiger partial charge in [0.15, 0.2) is 15.0 Å². The number of anilines is 1.